The summed E-state index contributed by atoms with van der Waals surface area (Å²) in [6.45, 7) is 2.61. The van der Waals surface area contributed by atoms with E-state index in [0.29, 0.717) is 22.4 Å². The van der Waals surface area contributed by atoms with Crippen molar-refractivity contribution >= 4 is 27.1 Å². The Bertz CT molecular complexity index is 667. The zero-order valence-electron chi connectivity index (χ0n) is 9.66. The first-order valence-electron chi connectivity index (χ1n) is 5.41. The molecule has 0 bridgehead atoms. The molecule has 6 nitrogen and oxygen atoms in total. The third-order valence-corrected chi connectivity index (χ3v) is 3.40. The smallest absolute Gasteiger partial charge is 0.316 e. The lowest BCUT2D eigenvalue weighted by atomic mass is 10.3. The van der Waals surface area contributed by atoms with Crippen molar-refractivity contribution in [3.05, 3.63) is 25.6 Å². The second-order valence-electron chi connectivity index (χ2n) is 3.88. The second-order valence-corrected chi connectivity index (χ2v) is 4.59. The molecule has 17 heavy (non-hydrogen) atoms. The van der Waals surface area contributed by atoms with Gasteiger partial charge < -0.3 is 4.57 Å². The van der Waals surface area contributed by atoms with Gasteiger partial charge in [-0.1, -0.05) is 13.3 Å². The molecule has 0 aromatic carbocycles. The summed E-state index contributed by atoms with van der Waals surface area (Å²) in [4.78, 5) is 30.0. The maximum atomic E-state index is 11.7. The summed E-state index contributed by atoms with van der Waals surface area (Å²) in [6, 6.07) is 0. The topological polar surface area (TPSA) is 72.7 Å². The van der Waals surface area contributed by atoms with Crippen molar-refractivity contribution in [2.24, 2.45) is 7.05 Å². The fourth-order valence-corrected chi connectivity index (χ4v) is 2.09. The molecule has 2 heterocycles. The van der Waals surface area contributed by atoms with Crippen LogP contribution in [0.25, 0.3) is 11.2 Å². The molecular weight excluding hydrogens is 288 g/mol. The number of nitrogens with one attached hydrogen (secondary N) is 1. The number of aromatic amines is 1. The number of imidazole rings is 1. The summed E-state index contributed by atoms with van der Waals surface area (Å²) in [7, 11) is 1.73. The summed E-state index contributed by atoms with van der Waals surface area (Å²) in [5.41, 5.74) is 0.0363. The van der Waals surface area contributed by atoms with E-state index in [1.165, 1.54) is 4.57 Å². The zero-order chi connectivity index (χ0) is 12.6. The molecule has 92 valence electrons. The summed E-state index contributed by atoms with van der Waals surface area (Å²) < 4.78 is 3.66. The zero-order valence-corrected chi connectivity index (χ0v) is 11.2. The number of nitrogens with zero attached hydrogens (tertiary/aromatic N) is 3. The molecule has 7 heteroatoms. The van der Waals surface area contributed by atoms with E-state index in [1.54, 1.807) is 11.6 Å². The number of aryl methyl sites for hydroxylation is 2. The molecule has 0 atom stereocenters. The minimum atomic E-state index is -0.404. The predicted molar refractivity (Wildman–Crippen MR) is 68.2 cm³/mol. The van der Waals surface area contributed by atoms with E-state index in [-0.39, 0.29) is 0 Å². The summed E-state index contributed by atoms with van der Waals surface area (Å²) in [6.07, 6.45) is 1.84. The number of hydrogen-bond acceptors (Lipinski definition) is 3. The Morgan fingerprint density at radius 3 is 2.76 bits per heavy atom. The lowest BCUT2D eigenvalue weighted by Crippen LogP contribution is -2.31. The van der Waals surface area contributed by atoms with Crippen LogP contribution in [0.3, 0.4) is 0 Å². The Morgan fingerprint density at radius 2 is 2.12 bits per heavy atom. The number of rotatable bonds is 3. The molecule has 2 rings (SSSR count). The molecule has 0 aliphatic carbocycles. The van der Waals surface area contributed by atoms with Gasteiger partial charge in [0, 0.05) is 13.6 Å². The monoisotopic (exact) mass is 300 g/mol. The van der Waals surface area contributed by atoms with Crippen LogP contribution in [0.15, 0.2) is 14.3 Å². The van der Waals surface area contributed by atoms with Crippen LogP contribution in [0.4, 0.5) is 0 Å². The number of fused-ring (bicyclic) bond motifs is 1. The van der Waals surface area contributed by atoms with Crippen LogP contribution in [-0.2, 0) is 13.6 Å². The third-order valence-electron chi connectivity index (χ3n) is 2.69. The van der Waals surface area contributed by atoms with Crippen LogP contribution in [0.5, 0.6) is 0 Å². The Morgan fingerprint density at radius 1 is 1.41 bits per heavy atom. The van der Waals surface area contributed by atoms with E-state index in [2.05, 4.69) is 25.9 Å². The van der Waals surface area contributed by atoms with Gasteiger partial charge in [0.15, 0.2) is 15.9 Å². The molecule has 0 unspecified atom stereocenters. The first-order valence-corrected chi connectivity index (χ1v) is 6.20. The maximum Gasteiger partial charge on any atom is 0.330 e. The average Bonchev–Trinajstić information content (AvgIpc) is 2.55. The molecule has 2 aromatic heterocycles. The van der Waals surface area contributed by atoms with E-state index >= 15 is 0 Å². The number of aromatic nitrogens is 4. The summed E-state index contributed by atoms with van der Waals surface area (Å²) >= 11 is 3.25. The number of hydrogen-bond donors (Lipinski definition) is 1. The average molecular weight is 301 g/mol. The largest absolute Gasteiger partial charge is 0.330 e. The van der Waals surface area contributed by atoms with E-state index in [0.717, 1.165) is 12.8 Å². The number of halogens is 1. The summed E-state index contributed by atoms with van der Waals surface area (Å²) in [5.74, 6) is 0. The predicted octanol–water partition coefficient (Wildman–Crippen LogP) is 0.986. The lowest BCUT2D eigenvalue weighted by molar-refractivity contribution is 0.613. The van der Waals surface area contributed by atoms with Gasteiger partial charge >= 0.3 is 5.69 Å². The van der Waals surface area contributed by atoms with Crippen molar-refractivity contribution < 1.29 is 0 Å². The Kier molecular flexibility index (Phi) is 3.19. The second kappa shape index (κ2) is 4.48. The molecule has 0 radical (unpaired) electrons. The SMILES string of the molecule is CCCCn1c(=O)[nH]c(=O)c2c1nc(Br)n2C. The van der Waals surface area contributed by atoms with Crippen molar-refractivity contribution in [2.75, 3.05) is 0 Å². The maximum absolute atomic E-state index is 11.7. The van der Waals surface area contributed by atoms with Crippen LogP contribution < -0.4 is 11.2 Å². The van der Waals surface area contributed by atoms with Gasteiger partial charge in [0.2, 0.25) is 0 Å². The first-order chi connectivity index (χ1) is 8.06. The number of unbranched alkanes of at least 4 members (excludes halogenated alkanes) is 1. The molecule has 0 saturated carbocycles. The highest BCUT2D eigenvalue weighted by Crippen LogP contribution is 2.14. The minimum absolute atomic E-state index is 0.401. The van der Waals surface area contributed by atoms with E-state index in [4.69, 9.17) is 0 Å². The molecule has 0 amide bonds. The van der Waals surface area contributed by atoms with Crippen molar-refractivity contribution in [3.8, 4) is 0 Å². The fraction of sp³-hybridized carbons (Fsp3) is 0.500. The highest BCUT2D eigenvalue weighted by molar-refractivity contribution is 9.10. The minimum Gasteiger partial charge on any atom is -0.316 e. The molecule has 0 saturated heterocycles. The normalized spacial score (nSPS) is 11.2. The molecule has 0 spiro atoms. The third kappa shape index (κ3) is 1.95. The van der Waals surface area contributed by atoms with Gasteiger partial charge in [0.25, 0.3) is 5.56 Å². The van der Waals surface area contributed by atoms with Gasteiger partial charge in [-0.15, -0.1) is 0 Å². The van der Waals surface area contributed by atoms with Gasteiger partial charge in [-0.3, -0.25) is 14.3 Å². The van der Waals surface area contributed by atoms with Crippen molar-refractivity contribution in [3.63, 3.8) is 0 Å². The van der Waals surface area contributed by atoms with Crippen LogP contribution in [0.2, 0.25) is 0 Å². The van der Waals surface area contributed by atoms with Crippen molar-refractivity contribution in [1.82, 2.24) is 19.1 Å². The Labute approximate surface area is 105 Å². The molecule has 1 N–H and O–H groups in total. The van der Waals surface area contributed by atoms with E-state index < -0.39 is 11.2 Å². The highest BCUT2D eigenvalue weighted by atomic mass is 79.9. The van der Waals surface area contributed by atoms with Crippen LogP contribution in [-0.4, -0.2) is 19.1 Å². The van der Waals surface area contributed by atoms with Crippen LogP contribution in [0.1, 0.15) is 19.8 Å². The van der Waals surface area contributed by atoms with Gasteiger partial charge in [-0.2, -0.15) is 0 Å². The quantitative estimate of drug-likeness (QED) is 0.859. The lowest BCUT2D eigenvalue weighted by Gasteiger charge is -2.04. The van der Waals surface area contributed by atoms with Crippen LogP contribution >= 0.6 is 15.9 Å². The number of H-pyrrole nitrogens is 1. The fourth-order valence-electron chi connectivity index (χ4n) is 1.74. The Balaban J connectivity index is 2.79. The van der Waals surface area contributed by atoms with Gasteiger partial charge in [-0.25, -0.2) is 9.78 Å². The van der Waals surface area contributed by atoms with Gasteiger partial charge in [0.05, 0.1) is 0 Å². The molecule has 0 aliphatic heterocycles. The molecular formula is C10H13BrN4O2. The molecule has 2 aromatic rings. The summed E-state index contributed by atoms with van der Waals surface area (Å²) in [5, 5.41) is 0. The molecule has 0 aliphatic rings. The highest BCUT2D eigenvalue weighted by Gasteiger charge is 2.14. The van der Waals surface area contributed by atoms with Crippen molar-refractivity contribution in [1.29, 1.82) is 0 Å². The van der Waals surface area contributed by atoms with Gasteiger partial charge in [-0.05, 0) is 22.4 Å². The van der Waals surface area contributed by atoms with E-state index in [9.17, 15) is 9.59 Å². The Hall–Kier alpha value is -1.37. The molecule has 0 fully saturated rings. The van der Waals surface area contributed by atoms with Gasteiger partial charge in [0.1, 0.15) is 0 Å². The van der Waals surface area contributed by atoms with Crippen LogP contribution in [0, 0.1) is 0 Å². The van der Waals surface area contributed by atoms with Crippen molar-refractivity contribution in [2.45, 2.75) is 26.3 Å². The first kappa shape index (κ1) is 12.1. The standard InChI is InChI=1S/C10H13BrN4O2/c1-3-4-5-15-7-6(8(16)13-10(15)17)14(2)9(11)12-7/h3-5H2,1-2H3,(H,13,16,17). The van der Waals surface area contributed by atoms with E-state index in [1.807, 2.05) is 6.92 Å².